The van der Waals surface area contributed by atoms with Crippen LogP contribution >= 0.6 is 0 Å². The maximum atomic E-state index is 12.9. The second kappa shape index (κ2) is 10.3. The Kier molecular flexibility index (Phi) is 8.09. The van der Waals surface area contributed by atoms with Gasteiger partial charge in [0.05, 0.1) is 18.1 Å². The van der Waals surface area contributed by atoms with Crippen molar-refractivity contribution in [3.63, 3.8) is 0 Å². The summed E-state index contributed by atoms with van der Waals surface area (Å²) in [7, 11) is 1.68. The Labute approximate surface area is 174 Å². The van der Waals surface area contributed by atoms with E-state index in [1.165, 1.54) is 12.1 Å². The highest BCUT2D eigenvalue weighted by atomic mass is 19.4. The highest BCUT2D eigenvalue weighted by Crippen LogP contribution is 2.32. The summed E-state index contributed by atoms with van der Waals surface area (Å²) in [4.78, 5) is 28.1. The summed E-state index contributed by atoms with van der Waals surface area (Å²) < 4.78 is 38.6. The number of urea groups is 1. The molecular formula is C21H27F3N4O2. The summed E-state index contributed by atoms with van der Waals surface area (Å²) >= 11 is 0. The molecular weight excluding hydrogens is 397 g/mol. The number of nitriles is 1. The molecule has 0 saturated carbocycles. The molecule has 9 heteroatoms. The van der Waals surface area contributed by atoms with Gasteiger partial charge in [-0.2, -0.15) is 18.4 Å². The van der Waals surface area contributed by atoms with Gasteiger partial charge in [0.25, 0.3) is 0 Å². The van der Waals surface area contributed by atoms with Gasteiger partial charge in [-0.05, 0) is 36.5 Å². The number of benzene rings is 1. The van der Waals surface area contributed by atoms with Gasteiger partial charge in [-0.25, -0.2) is 4.79 Å². The number of carbonyl (C=O) groups excluding carboxylic acids is 2. The number of nitrogens with zero attached hydrogens (tertiary/aromatic N) is 3. The molecule has 30 heavy (non-hydrogen) atoms. The van der Waals surface area contributed by atoms with Gasteiger partial charge < -0.3 is 15.1 Å². The largest absolute Gasteiger partial charge is 0.416 e. The standard InChI is InChI=1S/C21H27F3N4O2/c1-3-15-14-28(11-8-16(15)12-19(29)27(2)10-5-9-25)20(30)26-18-7-4-6-17(13-18)21(22,23)24/h4,6-7,13,15-16H,3,5,8,10-12,14H2,1-2H3,(H,26,30)/t15-,16-/m0/s1. The van der Waals surface area contributed by atoms with E-state index >= 15 is 0 Å². The molecule has 1 aromatic carbocycles. The Hall–Kier alpha value is -2.76. The lowest BCUT2D eigenvalue weighted by atomic mass is 9.81. The first-order valence-electron chi connectivity index (χ1n) is 9.99. The number of anilines is 1. The number of likely N-dealkylation sites (tertiary alicyclic amines) is 1. The van der Waals surface area contributed by atoms with Gasteiger partial charge in [0.15, 0.2) is 0 Å². The molecule has 2 atom stereocenters. The fourth-order valence-corrected chi connectivity index (χ4v) is 3.69. The molecule has 0 bridgehead atoms. The van der Waals surface area contributed by atoms with E-state index in [1.807, 2.05) is 13.0 Å². The van der Waals surface area contributed by atoms with E-state index in [2.05, 4.69) is 5.32 Å². The van der Waals surface area contributed by atoms with Crippen molar-refractivity contribution in [1.29, 1.82) is 5.26 Å². The number of rotatable bonds is 6. The minimum Gasteiger partial charge on any atom is -0.345 e. The predicted octanol–water partition coefficient (Wildman–Crippen LogP) is 4.35. The lowest BCUT2D eigenvalue weighted by molar-refractivity contribution is -0.137. The Morgan fingerprint density at radius 2 is 2.07 bits per heavy atom. The average molecular weight is 424 g/mol. The van der Waals surface area contributed by atoms with Crippen LogP contribution in [-0.2, 0) is 11.0 Å². The van der Waals surface area contributed by atoms with Crippen LogP contribution in [0.25, 0.3) is 0 Å². The molecule has 0 aromatic heterocycles. The zero-order chi connectivity index (χ0) is 22.3. The third-order valence-electron chi connectivity index (χ3n) is 5.57. The van der Waals surface area contributed by atoms with Crippen molar-refractivity contribution in [3.05, 3.63) is 29.8 Å². The SMILES string of the molecule is CC[C@H]1CN(C(=O)Nc2cccc(C(F)(F)F)c2)CC[C@H]1CC(=O)N(C)CCC#N. The van der Waals surface area contributed by atoms with E-state index in [-0.39, 0.29) is 29.9 Å². The molecule has 1 aromatic rings. The Morgan fingerprint density at radius 1 is 1.33 bits per heavy atom. The number of hydrogen-bond donors (Lipinski definition) is 1. The van der Waals surface area contributed by atoms with E-state index < -0.39 is 17.8 Å². The summed E-state index contributed by atoms with van der Waals surface area (Å²) in [5, 5.41) is 11.2. The van der Waals surface area contributed by atoms with E-state index in [9.17, 15) is 22.8 Å². The van der Waals surface area contributed by atoms with Crippen LogP contribution in [0.5, 0.6) is 0 Å². The number of hydrogen-bond acceptors (Lipinski definition) is 3. The van der Waals surface area contributed by atoms with Crippen molar-refractivity contribution in [2.45, 2.75) is 38.8 Å². The molecule has 1 saturated heterocycles. The molecule has 1 aliphatic heterocycles. The minimum absolute atomic E-state index is 0.0180. The molecule has 1 heterocycles. The maximum Gasteiger partial charge on any atom is 0.416 e. The van der Waals surface area contributed by atoms with Gasteiger partial charge in [-0.15, -0.1) is 0 Å². The van der Waals surface area contributed by atoms with Gasteiger partial charge in [0.1, 0.15) is 0 Å². The number of piperidine rings is 1. The first-order valence-corrected chi connectivity index (χ1v) is 9.99. The summed E-state index contributed by atoms with van der Waals surface area (Å²) in [5.41, 5.74) is -0.719. The van der Waals surface area contributed by atoms with Crippen molar-refractivity contribution in [3.8, 4) is 6.07 Å². The molecule has 0 aliphatic carbocycles. The van der Waals surface area contributed by atoms with Gasteiger partial charge in [-0.1, -0.05) is 19.4 Å². The molecule has 0 spiro atoms. The highest BCUT2D eigenvalue weighted by molar-refractivity contribution is 5.89. The third kappa shape index (κ3) is 6.37. The Morgan fingerprint density at radius 3 is 2.70 bits per heavy atom. The minimum atomic E-state index is -4.47. The zero-order valence-electron chi connectivity index (χ0n) is 17.2. The topological polar surface area (TPSA) is 76.4 Å². The molecule has 6 nitrogen and oxygen atoms in total. The van der Waals surface area contributed by atoms with Gasteiger partial charge in [0, 0.05) is 38.8 Å². The van der Waals surface area contributed by atoms with Crippen molar-refractivity contribution in [2.75, 3.05) is 32.0 Å². The van der Waals surface area contributed by atoms with Crippen molar-refractivity contribution < 1.29 is 22.8 Å². The normalized spacial score (nSPS) is 19.1. The smallest absolute Gasteiger partial charge is 0.345 e. The van der Waals surface area contributed by atoms with Crippen LogP contribution in [-0.4, -0.2) is 48.4 Å². The quantitative estimate of drug-likeness (QED) is 0.738. The molecule has 1 aliphatic rings. The average Bonchev–Trinajstić information content (AvgIpc) is 2.71. The number of halogens is 3. The number of nitrogens with one attached hydrogen (secondary N) is 1. The van der Waals surface area contributed by atoms with E-state index in [0.717, 1.165) is 18.6 Å². The molecule has 1 N–H and O–H groups in total. The molecule has 3 amide bonds. The summed E-state index contributed by atoms with van der Waals surface area (Å²) in [6.07, 6.45) is -2.39. The van der Waals surface area contributed by atoms with Crippen LogP contribution in [0, 0.1) is 23.2 Å². The van der Waals surface area contributed by atoms with Gasteiger partial charge >= 0.3 is 12.2 Å². The lowest BCUT2D eigenvalue weighted by Crippen LogP contribution is -2.46. The molecule has 1 fully saturated rings. The van der Waals surface area contributed by atoms with Crippen LogP contribution < -0.4 is 5.32 Å². The molecule has 0 radical (unpaired) electrons. The van der Waals surface area contributed by atoms with Crippen molar-refractivity contribution in [2.24, 2.45) is 11.8 Å². The molecule has 164 valence electrons. The lowest BCUT2D eigenvalue weighted by Gasteiger charge is -2.38. The second-order valence-electron chi connectivity index (χ2n) is 7.60. The van der Waals surface area contributed by atoms with E-state index in [0.29, 0.717) is 32.5 Å². The monoisotopic (exact) mass is 424 g/mol. The van der Waals surface area contributed by atoms with E-state index in [4.69, 9.17) is 5.26 Å². The maximum absolute atomic E-state index is 12.9. The summed E-state index contributed by atoms with van der Waals surface area (Å²) in [6.45, 7) is 3.27. The second-order valence-corrected chi connectivity index (χ2v) is 7.60. The van der Waals surface area contributed by atoms with E-state index in [1.54, 1.807) is 16.8 Å². The Balaban J connectivity index is 1.95. The number of carbonyl (C=O) groups is 2. The molecule has 0 unspecified atom stereocenters. The predicted molar refractivity (Wildman–Crippen MR) is 106 cm³/mol. The van der Waals surface area contributed by atoms with Crippen LogP contribution in [0.1, 0.15) is 38.2 Å². The molecule has 2 rings (SSSR count). The van der Waals surface area contributed by atoms with Crippen LogP contribution in [0.4, 0.5) is 23.7 Å². The Bertz CT molecular complexity index is 791. The van der Waals surface area contributed by atoms with Gasteiger partial charge in [0.2, 0.25) is 5.91 Å². The summed E-state index contributed by atoms with van der Waals surface area (Å²) in [5.74, 6) is 0.236. The van der Waals surface area contributed by atoms with Crippen LogP contribution in [0.3, 0.4) is 0 Å². The first-order chi connectivity index (χ1) is 14.2. The first kappa shape index (κ1) is 23.5. The zero-order valence-corrected chi connectivity index (χ0v) is 17.2. The van der Waals surface area contributed by atoms with Crippen molar-refractivity contribution in [1.82, 2.24) is 9.80 Å². The van der Waals surface area contributed by atoms with Crippen molar-refractivity contribution >= 4 is 17.6 Å². The number of amides is 3. The number of alkyl halides is 3. The fraction of sp³-hybridized carbons (Fsp3) is 0.571. The van der Waals surface area contributed by atoms with Crippen LogP contribution in [0.2, 0.25) is 0 Å². The summed E-state index contributed by atoms with van der Waals surface area (Å²) in [6, 6.07) is 6.13. The highest BCUT2D eigenvalue weighted by Gasteiger charge is 2.33. The third-order valence-corrected chi connectivity index (χ3v) is 5.57. The fourth-order valence-electron chi connectivity index (χ4n) is 3.69. The van der Waals surface area contributed by atoms with Crippen LogP contribution in [0.15, 0.2) is 24.3 Å². The van der Waals surface area contributed by atoms with Gasteiger partial charge in [-0.3, -0.25) is 4.79 Å².